The summed E-state index contributed by atoms with van der Waals surface area (Å²) in [5.74, 6) is 0.889. The summed E-state index contributed by atoms with van der Waals surface area (Å²) in [5, 5.41) is 0. The van der Waals surface area contributed by atoms with Crippen molar-refractivity contribution in [3.63, 3.8) is 0 Å². The van der Waals surface area contributed by atoms with Gasteiger partial charge in [0.2, 0.25) is 5.91 Å². The van der Waals surface area contributed by atoms with Crippen LogP contribution in [0.3, 0.4) is 0 Å². The van der Waals surface area contributed by atoms with Crippen LogP contribution < -0.4 is 4.90 Å². The summed E-state index contributed by atoms with van der Waals surface area (Å²) in [6, 6.07) is 12.5. The van der Waals surface area contributed by atoms with Crippen molar-refractivity contribution >= 4 is 11.6 Å². The third-order valence-electron chi connectivity index (χ3n) is 5.41. The Labute approximate surface area is 149 Å². The van der Waals surface area contributed by atoms with E-state index < -0.39 is 0 Å². The molecule has 0 N–H and O–H groups in total. The smallest absolute Gasteiger partial charge is 0.241 e. The first-order valence-corrected chi connectivity index (χ1v) is 9.29. The molecule has 25 heavy (non-hydrogen) atoms. The number of para-hydroxylation sites is 1. The molecule has 0 saturated carbocycles. The van der Waals surface area contributed by atoms with E-state index in [4.69, 9.17) is 0 Å². The fourth-order valence-corrected chi connectivity index (χ4v) is 4.14. The van der Waals surface area contributed by atoms with E-state index in [9.17, 15) is 4.79 Å². The predicted molar refractivity (Wildman–Crippen MR) is 99.6 cm³/mol. The number of aromatic nitrogens is 1. The lowest BCUT2D eigenvalue weighted by atomic mass is 10.00. The Kier molecular flexibility index (Phi) is 4.79. The largest absolute Gasteiger partial charge is 0.311 e. The van der Waals surface area contributed by atoms with Crippen molar-refractivity contribution < 1.29 is 4.79 Å². The van der Waals surface area contributed by atoms with Crippen molar-refractivity contribution in [3.8, 4) is 0 Å². The van der Waals surface area contributed by atoms with Crippen molar-refractivity contribution in [1.29, 1.82) is 0 Å². The lowest BCUT2D eigenvalue weighted by molar-refractivity contribution is -0.119. The summed E-state index contributed by atoms with van der Waals surface area (Å²) in [7, 11) is 0. The van der Waals surface area contributed by atoms with Gasteiger partial charge in [0.05, 0.1) is 6.54 Å². The zero-order valence-electron chi connectivity index (χ0n) is 14.6. The number of anilines is 1. The number of hydrogen-bond donors (Lipinski definition) is 0. The van der Waals surface area contributed by atoms with E-state index in [1.54, 1.807) is 0 Å². The molecule has 4 rings (SSSR count). The average molecular weight is 335 g/mol. The lowest BCUT2D eigenvalue weighted by Gasteiger charge is -2.31. The molecule has 4 heteroatoms. The Balaban J connectivity index is 1.35. The number of carbonyl (C=O) groups is 1. The molecule has 130 valence electrons. The Hall–Kier alpha value is -2.20. The van der Waals surface area contributed by atoms with Crippen molar-refractivity contribution in [1.82, 2.24) is 9.88 Å². The molecule has 1 atom stereocenters. The maximum absolute atomic E-state index is 12.9. The van der Waals surface area contributed by atoms with Gasteiger partial charge in [0.1, 0.15) is 0 Å². The van der Waals surface area contributed by atoms with Gasteiger partial charge in [-0.15, -0.1) is 0 Å². The van der Waals surface area contributed by atoms with E-state index in [0.29, 0.717) is 12.5 Å². The third-order valence-corrected chi connectivity index (χ3v) is 5.41. The van der Waals surface area contributed by atoms with Crippen LogP contribution in [0, 0.1) is 5.92 Å². The number of hydrogen-bond acceptors (Lipinski definition) is 3. The maximum Gasteiger partial charge on any atom is 0.241 e. The molecule has 2 aliphatic rings. The van der Waals surface area contributed by atoms with E-state index in [1.165, 1.54) is 17.5 Å². The molecule has 1 fully saturated rings. The molecule has 0 radical (unpaired) electrons. The fraction of sp³-hybridized carbons (Fsp3) is 0.429. The summed E-state index contributed by atoms with van der Waals surface area (Å²) in [5.41, 5.74) is 3.77. The number of benzene rings is 1. The van der Waals surface area contributed by atoms with Gasteiger partial charge in [-0.05, 0) is 67.5 Å². The van der Waals surface area contributed by atoms with Crippen LogP contribution in [0.25, 0.3) is 0 Å². The van der Waals surface area contributed by atoms with Gasteiger partial charge in [-0.2, -0.15) is 0 Å². The molecule has 1 unspecified atom stereocenters. The van der Waals surface area contributed by atoms with Crippen LogP contribution >= 0.6 is 0 Å². The number of nitrogens with zero attached hydrogens (tertiary/aromatic N) is 3. The van der Waals surface area contributed by atoms with Gasteiger partial charge in [-0.1, -0.05) is 18.2 Å². The number of likely N-dealkylation sites (tertiary alicyclic amines) is 1. The van der Waals surface area contributed by atoms with Gasteiger partial charge in [-0.25, -0.2) is 0 Å². The molecule has 0 bridgehead atoms. The second-order valence-corrected chi connectivity index (χ2v) is 7.23. The molecule has 1 aromatic heterocycles. The summed E-state index contributed by atoms with van der Waals surface area (Å²) in [6.07, 6.45) is 8.12. The minimum Gasteiger partial charge on any atom is -0.311 e. The second kappa shape index (κ2) is 7.36. The number of fused-ring (bicyclic) bond motifs is 1. The van der Waals surface area contributed by atoms with Crippen LogP contribution in [0.4, 0.5) is 5.69 Å². The molecule has 4 nitrogen and oxygen atoms in total. The Morgan fingerprint density at radius 3 is 2.84 bits per heavy atom. The normalized spacial score (nSPS) is 20.5. The highest BCUT2D eigenvalue weighted by Crippen LogP contribution is 2.27. The zero-order valence-corrected chi connectivity index (χ0v) is 14.6. The van der Waals surface area contributed by atoms with Crippen LogP contribution in [0.2, 0.25) is 0 Å². The summed E-state index contributed by atoms with van der Waals surface area (Å²) >= 11 is 0. The highest BCUT2D eigenvalue weighted by Gasteiger charge is 2.28. The van der Waals surface area contributed by atoms with Crippen molar-refractivity contribution in [2.75, 3.05) is 31.1 Å². The molecule has 1 aromatic carbocycles. The van der Waals surface area contributed by atoms with E-state index in [1.807, 2.05) is 23.4 Å². The first kappa shape index (κ1) is 16.3. The monoisotopic (exact) mass is 335 g/mol. The number of rotatable bonds is 4. The molecule has 0 spiro atoms. The van der Waals surface area contributed by atoms with Crippen LogP contribution in [0.5, 0.6) is 0 Å². The van der Waals surface area contributed by atoms with E-state index in [0.717, 1.165) is 44.6 Å². The molecule has 2 aromatic rings. The summed E-state index contributed by atoms with van der Waals surface area (Å²) in [6.45, 7) is 3.44. The van der Waals surface area contributed by atoms with Crippen LogP contribution in [-0.4, -0.2) is 42.0 Å². The summed E-state index contributed by atoms with van der Waals surface area (Å²) in [4.78, 5) is 21.3. The average Bonchev–Trinajstić information content (AvgIpc) is 3.09. The number of pyridine rings is 1. The van der Waals surface area contributed by atoms with Gasteiger partial charge in [0.25, 0.3) is 0 Å². The van der Waals surface area contributed by atoms with Gasteiger partial charge >= 0.3 is 0 Å². The van der Waals surface area contributed by atoms with Gasteiger partial charge < -0.3 is 4.90 Å². The molecule has 1 saturated heterocycles. The van der Waals surface area contributed by atoms with E-state index >= 15 is 0 Å². The van der Waals surface area contributed by atoms with Crippen LogP contribution in [0.15, 0.2) is 48.8 Å². The first-order chi connectivity index (χ1) is 12.3. The highest BCUT2D eigenvalue weighted by atomic mass is 16.2. The Morgan fingerprint density at radius 2 is 1.96 bits per heavy atom. The number of carbonyl (C=O) groups excluding carboxylic acids is 1. The fourth-order valence-electron chi connectivity index (χ4n) is 4.14. The lowest BCUT2D eigenvalue weighted by Crippen LogP contribution is -2.42. The molecular weight excluding hydrogens is 310 g/mol. The van der Waals surface area contributed by atoms with E-state index in [2.05, 4.69) is 40.2 Å². The van der Waals surface area contributed by atoms with Crippen molar-refractivity contribution in [2.24, 2.45) is 5.92 Å². The third kappa shape index (κ3) is 3.74. The maximum atomic E-state index is 12.9. The second-order valence-electron chi connectivity index (χ2n) is 7.23. The van der Waals surface area contributed by atoms with E-state index in [-0.39, 0.29) is 5.91 Å². The molecule has 2 aliphatic heterocycles. The number of aryl methyl sites for hydroxylation is 1. The molecule has 3 heterocycles. The Morgan fingerprint density at radius 1 is 1.12 bits per heavy atom. The molecule has 1 amide bonds. The van der Waals surface area contributed by atoms with Gasteiger partial charge in [-0.3, -0.25) is 14.7 Å². The summed E-state index contributed by atoms with van der Waals surface area (Å²) < 4.78 is 0. The number of amides is 1. The van der Waals surface area contributed by atoms with Crippen LogP contribution in [-0.2, 0) is 17.6 Å². The highest BCUT2D eigenvalue weighted by molar-refractivity contribution is 5.95. The quantitative estimate of drug-likeness (QED) is 0.862. The standard InChI is InChI=1S/C21H25N3O/c25-21(24-12-3-5-19-4-1-2-6-20(19)24)16-23-13-9-18(15-23)14-17-7-10-22-11-8-17/h1-2,4,6-8,10-11,18H,3,5,9,12-16H2. The molecule has 0 aliphatic carbocycles. The first-order valence-electron chi connectivity index (χ1n) is 9.29. The SMILES string of the molecule is O=C(CN1CCC(Cc2ccncc2)C1)N1CCCc2ccccc21. The van der Waals surface area contributed by atoms with Crippen LogP contribution in [0.1, 0.15) is 24.0 Å². The topological polar surface area (TPSA) is 36.4 Å². The van der Waals surface area contributed by atoms with Crippen molar-refractivity contribution in [2.45, 2.75) is 25.7 Å². The minimum atomic E-state index is 0.247. The van der Waals surface area contributed by atoms with Crippen molar-refractivity contribution in [3.05, 3.63) is 59.9 Å². The van der Waals surface area contributed by atoms with Gasteiger partial charge in [0, 0.05) is 31.2 Å². The zero-order chi connectivity index (χ0) is 17.1. The minimum absolute atomic E-state index is 0.247. The predicted octanol–water partition coefficient (Wildman–Crippen LogP) is 2.93. The van der Waals surface area contributed by atoms with Gasteiger partial charge in [0.15, 0.2) is 0 Å². The Bertz CT molecular complexity index is 731. The molecular formula is C21H25N3O.